The SMILES string of the molecule is Cc1nn(-c2ccc(C(F)(F)F)cc2C(=N)N)c(C)c1C. The quantitative estimate of drug-likeness (QED) is 0.660. The smallest absolute Gasteiger partial charge is 0.384 e. The van der Waals surface area contributed by atoms with Gasteiger partial charge in [0.15, 0.2) is 0 Å². The fourth-order valence-corrected chi connectivity index (χ4v) is 2.07. The second-order valence-corrected chi connectivity index (χ2v) is 4.85. The Bertz CT molecular complexity index is 714. The standard InChI is InChI=1S/C14H15F3N4/c1-7-8(2)20-21(9(7)3)12-5-4-10(14(15,16)17)6-11(12)13(18)19/h4-6H,1-3H3,(H3,18,19). The van der Waals surface area contributed by atoms with Crippen LogP contribution in [0.4, 0.5) is 13.2 Å². The lowest BCUT2D eigenvalue weighted by Crippen LogP contribution is -2.18. The lowest BCUT2D eigenvalue weighted by atomic mass is 10.1. The minimum atomic E-state index is -4.48. The van der Waals surface area contributed by atoms with E-state index in [1.54, 1.807) is 0 Å². The third kappa shape index (κ3) is 2.63. The van der Waals surface area contributed by atoms with E-state index in [4.69, 9.17) is 11.1 Å². The first-order valence-corrected chi connectivity index (χ1v) is 6.21. The van der Waals surface area contributed by atoms with E-state index in [2.05, 4.69) is 5.10 Å². The minimum absolute atomic E-state index is 0.00965. The number of halogens is 3. The molecule has 2 rings (SSSR count). The van der Waals surface area contributed by atoms with Crippen LogP contribution in [-0.4, -0.2) is 15.6 Å². The van der Waals surface area contributed by atoms with E-state index in [1.165, 1.54) is 10.7 Å². The predicted molar refractivity (Wildman–Crippen MR) is 73.8 cm³/mol. The van der Waals surface area contributed by atoms with E-state index in [1.807, 2.05) is 20.8 Å². The van der Waals surface area contributed by atoms with Crippen LogP contribution in [0.25, 0.3) is 5.69 Å². The summed E-state index contributed by atoms with van der Waals surface area (Å²) in [7, 11) is 0. The van der Waals surface area contributed by atoms with Gasteiger partial charge in [0.25, 0.3) is 0 Å². The second kappa shape index (κ2) is 4.91. The van der Waals surface area contributed by atoms with Gasteiger partial charge in [-0.3, -0.25) is 5.41 Å². The molecule has 0 spiro atoms. The van der Waals surface area contributed by atoms with Crippen molar-refractivity contribution in [3.05, 3.63) is 46.3 Å². The molecule has 1 aromatic carbocycles. The number of benzene rings is 1. The number of alkyl halides is 3. The Morgan fingerprint density at radius 1 is 1.24 bits per heavy atom. The van der Waals surface area contributed by atoms with Crippen molar-refractivity contribution < 1.29 is 13.2 Å². The summed E-state index contributed by atoms with van der Waals surface area (Å²) in [5.74, 6) is -0.429. The van der Waals surface area contributed by atoms with Gasteiger partial charge in [0.05, 0.1) is 16.9 Å². The molecule has 2 aromatic rings. The maximum atomic E-state index is 12.8. The Labute approximate surface area is 119 Å². The number of aryl methyl sites for hydroxylation is 1. The molecular formula is C14H15F3N4. The van der Waals surface area contributed by atoms with Gasteiger partial charge in [-0.05, 0) is 44.5 Å². The molecule has 0 radical (unpaired) electrons. The number of hydrogen-bond donors (Lipinski definition) is 2. The number of aromatic nitrogens is 2. The first-order chi connectivity index (χ1) is 9.62. The van der Waals surface area contributed by atoms with Crippen molar-refractivity contribution in [2.45, 2.75) is 26.9 Å². The Hall–Kier alpha value is -2.31. The number of hydrogen-bond acceptors (Lipinski definition) is 2. The maximum Gasteiger partial charge on any atom is 0.416 e. The van der Waals surface area contributed by atoms with Crippen LogP contribution < -0.4 is 5.73 Å². The lowest BCUT2D eigenvalue weighted by molar-refractivity contribution is -0.137. The highest BCUT2D eigenvalue weighted by Gasteiger charge is 2.31. The zero-order valence-corrected chi connectivity index (χ0v) is 11.8. The lowest BCUT2D eigenvalue weighted by Gasteiger charge is -2.14. The molecule has 0 bridgehead atoms. The number of nitrogens with zero attached hydrogens (tertiary/aromatic N) is 2. The van der Waals surface area contributed by atoms with Crippen LogP contribution in [0, 0.1) is 26.2 Å². The summed E-state index contributed by atoms with van der Waals surface area (Å²) in [4.78, 5) is 0. The van der Waals surface area contributed by atoms with Gasteiger partial charge in [-0.2, -0.15) is 18.3 Å². The molecule has 112 valence electrons. The molecule has 7 heteroatoms. The number of nitrogen functional groups attached to an aromatic ring is 1. The van der Waals surface area contributed by atoms with Gasteiger partial charge < -0.3 is 5.73 Å². The van der Waals surface area contributed by atoms with Crippen molar-refractivity contribution in [3.8, 4) is 5.69 Å². The molecule has 3 N–H and O–H groups in total. The summed E-state index contributed by atoms with van der Waals surface area (Å²) in [5.41, 5.74) is 7.50. The molecule has 1 heterocycles. The van der Waals surface area contributed by atoms with Crippen LogP contribution in [0.5, 0.6) is 0 Å². The van der Waals surface area contributed by atoms with E-state index < -0.39 is 17.6 Å². The Kier molecular flexibility index (Phi) is 3.52. The summed E-state index contributed by atoms with van der Waals surface area (Å²) in [6.07, 6.45) is -4.48. The molecule has 0 aliphatic rings. The van der Waals surface area contributed by atoms with Crippen molar-refractivity contribution in [3.63, 3.8) is 0 Å². The van der Waals surface area contributed by atoms with Crippen LogP contribution in [-0.2, 0) is 6.18 Å². The highest BCUT2D eigenvalue weighted by molar-refractivity contribution is 5.98. The molecule has 1 aromatic heterocycles. The average molecular weight is 296 g/mol. The number of amidine groups is 1. The molecule has 0 aliphatic carbocycles. The number of nitrogens with one attached hydrogen (secondary N) is 1. The summed E-state index contributed by atoms with van der Waals surface area (Å²) >= 11 is 0. The molecule has 0 fully saturated rings. The minimum Gasteiger partial charge on any atom is -0.384 e. The molecule has 4 nitrogen and oxygen atoms in total. The zero-order chi connectivity index (χ0) is 15.9. The number of nitrogens with two attached hydrogens (primary N) is 1. The highest BCUT2D eigenvalue weighted by Crippen LogP contribution is 2.31. The van der Waals surface area contributed by atoms with Crippen molar-refractivity contribution >= 4 is 5.84 Å². The van der Waals surface area contributed by atoms with Gasteiger partial charge in [0.1, 0.15) is 5.84 Å². The fraction of sp³-hybridized carbons (Fsp3) is 0.286. The molecule has 0 amide bonds. The topological polar surface area (TPSA) is 67.7 Å². The summed E-state index contributed by atoms with van der Waals surface area (Å²) in [5, 5.41) is 11.8. The van der Waals surface area contributed by atoms with Gasteiger partial charge >= 0.3 is 6.18 Å². The zero-order valence-electron chi connectivity index (χ0n) is 11.8. The summed E-state index contributed by atoms with van der Waals surface area (Å²) in [6.45, 7) is 5.51. The molecule has 0 atom stereocenters. The van der Waals surface area contributed by atoms with E-state index in [0.717, 1.165) is 29.1 Å². The van der Waals surface area contributed by atoms with Gasteiger partial charge in [-0.25, -0.2) is 4.68 Å². The van der Waals surface area contributed by atoms with Crippen molar-refractivity contribution in [1.82, 2.24) is 9.78 Å². The Morgan fingerprint density at radius 3 is 2.29 bits per heavy atom. The van der Waals surface area contributed by atoms with E-state index in [9.17, 15) is 13.2 Å². The first kappa shape index (κ1) is 15.1. The van der Waals surface area contributed by atoms with Gasteiger partial charge in [-0.1, -0.05) is 0 Å². The second-order valence-electron chi connectivity index (χ2n) is 4.85. The van der Waals surface area contributed by atoms with Crippen LogP contribution in [0.2, 0.25) is 0 Å². The van der Waals surface area contributed by atoms with Crippen molar-refractivity contribution in [2.24, 2.45) is 5.73 Å². The van der Waals surface area contributed by atoms with E-state index in [-0.39, 0.29) is 5.56 Å². The highest BCUT2D eigenvalue weighted by atomic mass is 19.4. The van der Waals surface area contributed by atoms with Crippen LogP contribution in [0.3, 0.4) is 0 Å². The van der Waals surface area contributed by atoms with Gasteiger partial charge in [-0.15, -0.1) is 0 Å². The fourth-order valence-electron chi connectivity index (χ4n) is 2.07. The van der Waals surface area contributed by atoms with Crippen LogP contribution in [0.1, 0.15) is 28.1 Å². The van der Waals surface area contributed by atoms with Crippen LogP contribution >= 0.6 is 0 Å². The largest absolute Gasteiger partial charge is 0.416 e. The number of rotatable bonds is 2. The molecule has 21 heavy (non-hydrogen) atoms. The van der Waals surface area contributed by atoms with Crippen LogP contribution in [0.15, 0.2) is 18.2 Å². The van der Waals surface area contributed by atoms with Crippen molar-refractivity contribution in [1.29, 1.82) is 5.41 Å². The summed E-state index contributed by atoms with van der Waals surface area (Å²) in [6, 6.07) is 3.13. The van der Waals surface area contributed by atoms with Gasteiger partial charge in [0.2, 0.25) is 0 Å². The normalized spacial score (nSPS) is 11.7. The van der Waals surface area contributed by atoms with E-state index >= 15 is 0 Å². The molecule has 0 saturated carbocycles. The molecule has 0 aliphatic heterocycles. The van der Waals surface area contributed by atoms with E-state index in [0.29, 0.717) is 5.69 Å². The first-order valence-electron chi connectivity index (χ1n) is 6.21. The molecular weight excluding hydrogens is 281 g/mol. The molecule has 0 saturated heterocycles. The maximum absolute atomic E-state index is 12.8. The molecule has 0 unspecified atom stereocenters. The monoisotopic (exact) mass is 296 g/mol. The Morgan fingerprint density at radius 2 is 1.86 bits per heavy atom. The summed E-state index contributed by atoms with van der Waals surface area (Å²) < 4.78 is 39.9. The predicted octanol–water partition coefficient (Wildman–Crippen LogP) is 3.10. The van der Waals surface area contributed by atoms with Gasteiger partial charge in [0, 0.05) is 11.3 Å². The third-order valence-electron chi connectivity index (χ3n) is 3.50. The Balaban J connectivity index is 2.69. The third-order valence-corrected chi connectivity index (χ3v) is 3.50. The van der Waals surface area contributed by atoms with Crippen molar-refractivity contribution in [2.75, 3.05) is 0 Å². The average Bonchev–Trinajstić information content (AvgIpc) is 2.64.